The van der Waals surface area contributed by atoms with Gasteiger partial charge in [0.1, 0.15) is 11.5 Å². The molecule has 3 aromatic rings. The van der Waals surface area contributed by atoms with Crippen molar-refractivity contribution < 1.29 is 9.21 Å². The Morgan fingerprint density at radius 1 is 1.00 bits per heavy atom. The molecule has 0 saturated carbocycles. The van der Waals surface area contributed by atoms with Crippen LogP contribution in [-0.2, 0) is 17.8 Å². The largest absolute Gasteiger partial charge is 0.461 e. The molecule has 4 heteroatoms. The van der Waals surface area contributed by atoms with Crippen LogP contribution in [-0.4, -0.2) is 29.9 Å². The van der Waals surface area contributed by atoms with Crippen LogP contribution in [0, 0.1) is 0 Å². The van der Waals surface area contributed by atoms with E-state index in [9.17, 15) is 4.79 Å². The predicted octanol–water partition coefficient (Wildman–Crippen LogP) is 4.27. The van der Waals surface area contributed by atoms with Crippen molar-refractivity contribution in [3.8, 4) is 11.3 Å². The second-order valence-electron chi connectivity index (χ2n) is 7.41. The highest BCUT2D eigenvalue weighted by molar-refractivity contribution is 5.76. The van der Waals surface area contributed by atoms with Crippen molar-refractivity contribution in [1.82, 2.24) is 10.2 Å². The van der Waals surface area contributed by atoms with Gasteiger partial charge in [-0.1, -0.05) is 60.7 Å². The molecule has 2 aromatic carbocycles. The van der Waals surface area contributed by atoms with Gasteiger partial charge in [0.2, 0.25) is 5.91 Å². The molecule has 144 valence electrons. The number of carbonyl (C=O) groups excluding carboxylic acids is 1. The second-order valence-corrected chi connectivity index (χ2v) is 7.41. The number of nitrogens with zero attached hydrogens (tertiary/aromatic N) is 1. The van der Waals surface area contributed by atoms with Crippen molar-refractivity contribution >= 4 is 5.91 Å². The van der Waals surface area contributed by atoms with Gasteiger partial charge < -0.3 is 9.73 Å². The summed E-state index contributed by atoms with van der Waals surface area (Å²) in [5.74, 6) is 1.80. The Balaban J connectivity index is 1.22. The second kappa shape index (κ2) is 8.89. The SMILES string of the molecule is O=C(CCc1ccc(-c2ccccc2)o1)N[C@@H]1CCN(Cc2ccccc2)C1. The minimum Gasteiger partial charge on any atom is -0.461 e. The monoisotopic (exact) mass is 374 g/mol. The molecule has 1 aliphatic heterocycles. The molecular formula is C24H26N2O2. The zero-order valence-electron chi connectivity index (χ0n) is 16.0. The van der Waals surface area contributed by atoms with Crippen molar-refractivity contribution in [3.05, 3.63) is 84.1 Å². The Morgan fingerprint density at radius 2 is 1.75 bits per heavy atom. The van der Waals surface area contributed by atoms with Crippen molar-refractivity contribution in [2.24, 2.45) is 0 Å². The van der Waals surface area contributed by atoms with E-state index in [2.05, 4.69) is 34.5 Å². The van der Waals surface area contributed by atoms with E-state index in [1.54, 1.807) is 0 Å². The number of rotatable bonds is 7. The fraction of sp³-hybridized carbons (Fsp3) is 0.292. The zero-order chi connectivity index (χ0) is 19.2. The van der Waals surface area contributed by atoms with Crippen LogP contribution in [0.25, 0.3) is 11.3 Å². The molecule has 0 spiro atoms. The first kappa shape index (κ1) is 18.5. The molecule has 0 radical (unpaired) electrons. The van der Waals surface area contributed by atoms with Crippen LogP contribution in [0.3, 0.4) is 0 Å². The lowest BCUT2D eigenvalue weighted by Gasteiger charge is -2.16. The molecule has 1 saturated heterocycles. The molecule has 1 N–H and O–H groups in total. The van der Waals surface area contributed by atoms with Crippen LogP contribution in [0.5, 0.6) is 0 Å². The lowest BCUT2D eigenvalue weighted by molar-refractivity contribution is -0.121. The number of amides is 1. The van der Waals surface area contributed by atoms with E-state index in [1.807, 2.05) is 48.5 Å². The van der Waals surface area contributed by atoms with Gasteiger partial charge in [-0.2, -0.15) is 0 Å². The Morgan fingerprint density at radius 3 is 2.54 bits per heavy atom. The van der Waals surface area contributed by atoms with Gasteiger partial charge >= 0.3 is 0 Å². The summed E-state index contributed by atoms with van der Waals surface area (Å²) < 4.78 is 5.89. The van der Waals surface area contributed by atoms with Gasteiger partial charge in [0, 0.05) is 44.1 Å². The molecule has 4 rings (SSSR count). The third-order valence-corrected chi connectivity index (χ3v) is 5.20. The van der Waals surface area contributed by atoms with Gasteiger partial charge in [-0.25, -0.2) is 0 Å². The molecule has 0 unspecified atom stereocenters. The summed E-state index contributed by atoms with van der Waals surface area (Å²) in [4.78, 5) is 14.7. The zero-order valence-corrected chi connectivity index (χ0v) is 16.0. The van der Waals surface area contributed by atoms with Gasteiger partial charge in [-0.3, -0.25) is 9.69 Å². The maximum absolute atomic E-state index is 12.3. The number of benzene rings is 2. The molecule has 0 aliphatic carbocycles. The Bertz CT molecular complexity index is 889. The van der Waals surface area contributed by atoms with Crippen LogP contribution in [0.1, 0.15) is 24.2 Å². The molecule has 4 nitrogen and oxygen atoms in total. The van der Waals surface area contributed by atoms with Crippen LogP contribution < -0.4 is 5.32 Å². The quantitative estimate of drug-likeness (QED) is 0.672. The van der Waals surface area contributed by atoms with E-state index in [1.165, 1.54) is 5.56 Å². The number of furan rings is 1. The maximum Gasteiger partial charge on any atom is 0.220 e. The third-order valence-electron chi connectivity index (χ3n) is 5.20. The van der Waals surface area contributed by atoms with E-state index in [4.69, 9.17) is 4.42 Å². The van der Waals surface area contributed by atoms with Crippen LogP contribution in [0.15, 0.2) is 77.2 Å². The summed E-state index contributed by atoms with van der Waals surface area (Å²) in [7, 11) is 0. The number of nitrogens with one attached hydrogen (secondary N) is 1. The summed E-state index contributed by atoms with van der Waals surface area (Å²) in [6.45, 7) is 2.89. The predicted molar refractivity (Wildman–Crippen MR) is 111 cm³/mol. The van der Waals surface area contributed by atoms with Crippen molar-refractivity contribution in [3.63, 3.8) is 0 Å². The van der Waals surface area contributed by atoms with Crippen molar-refractivity contribution in [1.29, 1.82) is 0 Å². The van der Waals surface area contributed by atoms with Gasteiger partial charge in [0.15, 0.2) is 0 Å². The summed E-state index contributed by atoms with van der Waals surface area (Å²) >= 11 is 0. The van der Waals surface area contributed by atoms with Crippen LogP contribution in [0.4, 0.5) is 0 Å². The number of hydrogen-bond acceptors (Lipinski definition) is 3. The van der Waals surface area contributed by atoms with Crippen molar-refractivity contribution in [2.45, 2.75) is 31.8 Å². The third kappa shape index (κ3) is 4.90. The molecule has 1 amide bonds. The minimum absolute atomic E-state index is 0.101. The fourth-order valence-electron chi connectivity index (χ4n) is 3.74. The first-order valence-electron chi connectivity index (χ1n) is 9.96. The Kier molecular flexibility index (Phi) is 5.88. The molecule has 28 heavy (non-hydrogen) atoms. The summed E-state index contributed by atoms with van der Waals surface area (Å²) in [5.41, 5.74) is 2.38. The molecule has 1 aromatic heterocycles. The first-order chi connectivity index (χ1) is 13.8. The highest BCUT2D eigenvalue weighted by Gasteiger charge is 2.23. The Hall–Kier alpha value is -2.85. The summed E-state index contributed by atoms with van der Waals surface area (Å²) in [6, 6.07) is 24.7. The van der Waals surface area contributed by atoms with Crippen molar-refractivity contribution in [2.75, 3.05) is 13.1 Å². The highest BCUT2D eigenvalue weighted by atomic mass is 16.3. The van der Waals surface area contributed by atoms with E-state index in [0.29, 0.717) is 12.8 Å². The van der Waals surface area contributed by atoms with E-state index in [0.717, 1.165) is 43.1 Å². The van der Waals surface area contributed by atoms with Crippen LogP contribution in [0.2, 0.25) is 0 Å². The van der Waals surface area contributed by atoms with E-state index < -0.39 is 0 Å². The van der Waals surface area contributed by atoms with E-state index in [-0.39, 0.29) is 11.9 Å². The highest BCUT2D eigenvalue weighted by Crippen LogP contribution is 2.22. The van der Waals surface area contributed by atoms with Crippen LogP contribution >= 0.6 is 0 Å². The maximum atomic E-state index is 12.3. The molecule has 1 aliphatic rings. The standard InChI is InChI=1S/C24H26N2O2/c27-24(14-12-22-11-13-23(28-22)20-9-5-2-6-10-20)25-21-15-16-26(18-21)17-19-7-3-1-4-8-19/h1-11,13,21H,12,14-18H2,(H,25,27)/t21-/m1/s1. The lowest BCUT2D eigenvalue weighted by Crippen LogP contribution is -2.37. The van der Waals surface area contributed by atoms with Gasteiger partial charge in [0.05, 0.1) is 0 Å². The lowest BCUT2D eigenvalue weighted by atomic mass is 10.2. The summed E-state index contributed by atoms with van der Waals surface area (Å²) in [5, 5.41) is 3.18. The minimum atomic E-state index is 0.101. The first-order valence-corrected chi connectivity index (χ1v) is 9.96. The molecule has 1 fully saturated rings. The van der Waals surface area contributed by atoms with Gasteiger partial charge in [-0.05, 0) is 24.1 Å². The fourth-order valence-corrected chi connectivity index (χ4v) is 3.74. The van der Waals surface area contributed by atoms with Gasteiger partial charge in [0.25, 0.3) is 0 Å². The average Bonchev–Trinajstić information content (AvgIpc) is 3.38. The van der Waals surface area contributed by atoms with E-state index >= 15 is 0 Å². The summed E-state index contributed by atoms with van der Waals surface area (Å²) in [6.07, 6.45) is 2.09. The number of likely N-dealkylation sites (tertiary alicyclic amines) is 1. The number of carbonyl (C=O) groups is 1. The Labute approximate surface area is 166 Å². The molecule has 0 bridgehead atoms. The number of aryl methyl sites for hydroxylation is 1. The van der Waals surface area contributed by atoms with Gasteiger partial charge in [-0.15, -0.1) is 0 Å². The smallest absolute Gasteiger partial charge is 0.220 e. The average molecular weight is 374 g/mol. The molecular weight excluding hydrogens is 348 g/mol. The molecule has 1 atom stereocenters. The normalized spacial score (nSPS) is 16.9. The topological polar surface area (TPSA) is 45.5 Å². The number of hydrogen-bond donors (Lipinski definition) is 1. The molecule has 2 heterocycles.